The van der Waals surface area contributed by atoms with Crippen molar-refractivity contribution in [3.8, 4) is 0 Å². The van der Waals surface area contributed by atoms with Crippen LogP contribution >= 0.6 is 7.60 Å². The van der Waals surface area contributed by atoms with E-state index in [9.17, 15) is 9.36 Å². The van der Waals surface area contributed by atoms with Crippen molar-refractivity contribution in [1.29, 1.82) is 0 Å². The Bertz CT molecular complexity index is 600. The fourth-order valence-electron chi connectivity index (χ4n) is 3.38. The number of carbonyl (C=O) groups excluding carboxylic acids is 1. The molecule has 2 rings (SSSR count). The highest BCUT2D eigenvalue weighted by Gasteiger charge is 2.75. The zero-order chi connectivity index (χ0) is 17.1. The van der Waals surface area contributed by atoms with Crippen LogP contribution in [-0.4, -0.2) is 40.4 Å². The van der Waals surface area contributed by atoms with E-state index in [4.69, 9.17) is 9.05 Å². The Morgan fingerprint density at radius 2 is 1.83 bits per heavy atom. The standard InChI is InChI=1S/C16H24NO5P/c1-15(12-17-10-14(18)20-2)11-16(15,23(19,21-3)22-4)13-8-6-5-7-9-13/h5-9,17H,10-12H2,1-4H3/t15-,16-/m0/s1. The molecule has 1 aliphatic rings. The Kier molecular flexibility index (Phi) is 5.31. The summed E-state index contributed by atoms with van der Waals surface area (Å²) in [6.07, 6.45) is 0.650. The smallest absolute Gasteiger partial charge is 0.341 e. The maximum atomic E-state index is 13.2. The second kappa shape index (κ2) is 6.73. The number of methoxy groups -OCH3 is 1. The van der Waals surface area contributed by atoms with Gasteiger partial charge in [-0.3, -0.25) is 9.36 Å². The van der Waals surface area contributed by atoms with E-state index in [2.05, 4.69) is 10.1 Å². The van der Waals surface area contributed by atoms with Gasteiger partial charge in [-0.1, -0.05) is 37.3 Å². The molecule has 1 aliphatic carbocycles. The molecule has 1 saturated carbocycles. The number of ether oxygens (including phenoxy) is 1. The Morgan fingerprint density at radius 3 is 2.35 bits per heavy atom. The normalized spacial score (nSPS) is 26.8. The molecule has 1 aromatic carbocycles. The second-order valence-corrected chi connectivity index (χ2v) is 8.49. The largest absolute Gasteiger partial charge is 0.468 e. The number of nitrogens with one attached hydrogen (secondary N) is 1. The van der Waals surface area contributed by atoms with Crippen LogP contribution in [0.3, 0.4) is 0 Å². The fourth-order valence-corrected chi connectivity index (χ4v) is 5.90. The average molecular weight is 341 g/mol. The number of benzene rings is 1. The Labute approximate surface area is 137 Å². The summed E-state index contributed by atoms with van der Waals surface area (Å²) in [7, 11) is 0.830. The van der Waals surface area contributed by atoms with Crippen LogP contribution in [-0.2, 0) is 28.3 Å². The molecule has 7 heteroatoms. The van der Waals surface area contributed by atoms with E-state index in [1.807, 2.05) is 37.3 Å². The van der Waals surface area contributed by atoms with Gasteiger partial charge < -0.3 is 19.1 Å². The lowest BCUT2D eigenvalue weighted by Gasteiger charge is -2.29. The molecule has 6 nitrogen and oxygen atoms in total. The van der Waals surface area contributed by atoms with Gasteiger partial charge in [-0.25, -0.2) is 0 Å². The molecule has 0 aromatic heterocycles. The van der Waals surface area contributed by atoms with Crippen LogP contribution in [0, 0.1) is 5.41 Å². The van der Waals surface area contributed by atoms with Gasteiger partial charge in [-0.05, 0) is 12.0 Å². The molecule has 1 fully saturated rings. The third-order valence-corrected chi connectivity index (χ3v) is 7.58. The number of hydrogen-bond acceptors (Lipinski definition) is 6. The molecule has 0 spiro atoms. The maximum Gasteiger partial charge on any atom is 0.341 e. The molecule has 1 N–H and O–H groups in total. The SMILES string of the molecule is COC(=O)CNC[C@]1(C)C[C@@]1(c1ccccc1)P(=O)(OC)OC. The van der Waals surface area contributed by atoms with Gasteiger partial charge in [-0.2, -0.15) is 0 Å². The number of esters is 1. The number of rotatable bonds is 8. The van der Waals surface area contributed by atoms with Crippen LogP contribution in [0.15, 0.2) is 30.3 Å². The molecule has 0 bridgehead atoms. The Morgan fingerprint density at radius 1 is 1.22 bits per heavy atom. The predicted octanol–water partition coefficient (Wildman–Crippen LogP) is 2.54. The fraction of sp³-hybridized carbons (Fsp3) is 0.562. The van der Waals surface area contributed by atoms with Crippen molar-refractivity contribution in [2.24, 2.45) is 5.41 Å². The summed E-state index contributed by atoms with van der Waals surface area (Å²) in [4.78, 5) is 11.3. The van der Waals surface area contributed by atoms with Gasteiger partial charge in [0.1, 0.15) is 5.16 Å². The first-order valence-corrected chi connectivity index (χ1v) is 8.98. The van der Waals surface area contributed by atoms with E-state index in [-0.39, 0.29) is 17.9 Å². The van der Waals surface area contributed by atoms with Crippen LogP contribution < -0.4 is 5.32 Å². The molecule has 0 radical (unpaired) electrons. The molecule has 0 amide bonds. The van der Waals surface area contributed by atoms with E-state index in [0.717, 1.165) is 5.56 Å². The highest BCUT2D eigenvalue weighted by Crippen LogP contribution is 2.83. The molecule has 0 heterocycles. The van der Waals surface area contributed by atoms with Crippen LogP contribution in [0.5, 0.6) is 0 Å². The lowest BCUT2D eigenvalue weighted by Crippen LogP contribution is -2.33. The minimum atomic E-state index is -3.34. The first kappa shape index (κ1) is 18.1. The van der Waals surface area contributed by atoms with E-state index in [1.54, 1.807) is 0 Å². The number of hydrogen-bond donors (Lipinski definition) is 1. The van der Waals surface area contributed by atoms with Gasteiger partial charge in [0.2, 0.25) is 0 Å². The van der Waals surface area contributed by atoms with Gasteiger partial charge in [0.05, 0.1) is 13.7 Å². The van der Waals surface area contributed by atoms with Crippen molar-refractivity contribution in [1.82, 2.24) is 5.32 Å². The molecule has 0 aliphatic heterocycles. The van der Waals surface area contributed by atoms with E-state index >= 15 is 0 Å². The quantitative estimate of drug-likeness (QED) is 0.579. The number of carbonyl (C=O) groups is 1. The van der Waals surface area contributed by atoms with Crippen LogP contribution in [0.2, 0.25) is 0 Å². The van der Waals surface area contributed by atoms with Crippen LogP contribution in [0.4, 0.5) is 0 Å². The molecule has 2 atom stereocenters. The maximum absolute atomic E-state index is 13.2. The van der Waals surface area contributed by atoms with Gasteiger partial charge in [-0.15, -0.1) is 0 Å². The molecular formula is C16H24NO5P. The van der Waals surface area contributed by atoms with E-state index < -0.39 is 12.8 Å². The highest BCUT2D eigenvalue weighted by molar-refractivity contribution is 7.55. The summed E-state index contributed by atoms with van der Waals surface area (Å²) in [5.41, 5.74) is 0.582. The molecular weight excluding hydrogens is 317 g/mol. The van der Waals surface area contributed by atoms with Gasteiger partial charge in [0.25, 0.3) is 0 Å². The van der Waals surface area contributed by atoms with E-state index in [0.29, 0.717) is 13.0 Å². The van der Waals surface area contributed by atoms with Crippen molar-refractivity contribution >= 4 is 13.6 Å². The Balaban J connectivity index is 2.29. The van der Waals surface area contributed by atoms with Crippen LogP contribution in [0.25, 0.3) is 0 Å². The summed E-state index contributed by atoms with van der Waals surface area (Å²) >= 11 is 0. The molecule has 0 unspecified atom stereocenters. The van der Waals surface area contributed by atoms with E-state index in [1.165, 1.54) is 21.3 Å². The average Bonchev–Trinajstić information content (AvgIpc) is 3.22. The summed E-state index contributed by atoms with van der Waals surface area (Å²) < 4.78 is 28.5. The first-order chi connectivity index (χ1) is 10.9. The van der Waals surface area contributed by atoms with Crippen LogP contribution in [0.1, 0.15) is 18.9 Å². The first-order valence-electron chi connectivity index (χ1n) is 7.44. The van der Waals surface area contributed by atoms with Gasteiger partial charge in [0, 0.05) is 26.2 Å². The summed E-state index contributed by atoms with van der Waals surface area (Å²) in [5.74, 6) is -0.332. The zero-order valence-corrected chi connectivity index (χ0v) is 14.9. The summed E-state index contributed by atoms with van der Waals surface area (Å²) in [5, 5.41) is 2.36. The Hall–Kier alpha value is -1.20. The molecule has 128 valence electrons. The second-order valence-electron chi connectivity index (χ2n) is 6.01. The lowest BCUT2D eigenvalue weighted by atomic mass is 10.0. The minimum absolute atomic E-state index is 0.112. The monoisotopic (exact) mass is 341 g/mol. The topological polar surface area (TPSA) is 73.9 Å². The van der Waals surface area contributed by atoms with Crippen molar-refractivity contribution in [2.75, 3.05) is 34.4 Å². The third kappa shape index (κ3) is 2.96. The summed E-state index contributed by atoms with van der Waals surface area (Å²) in [6.45, 7) is 2.64. The molecule has 0 saturated heterocycles. The van der Waals surface area contributed by atoms with Crippen molar-refractivity contribution in [2.45, 2.75) is 18.5 Å². The molecule has 1 aromatic rings. The third-order valence-electron chi connectivity index (χ3n) is 4.73. The molecule has 23 heavy (non-hydrogen) atoms. The minimum Gasteiger partial charge on any atom is -0.468 e. The predicted molar refractivity (Wildman–Crippen MR) is 87.4 cm³/mol. The van der Waals surface area contributed by atoms with Crippen molar-refractivity contribution in [3.05, 3.63) is 35.9 Å². The highest BCUT2D eigenvalue weighted by atomic mass is 31.2. The van der Waals surface area contributed by atoms with Crippen molar-refractivity contribution in [3.63, 3.8) is 0 Å². The lowest BCUT2D eigenvalue weighted by molar-refractivity contribution is -0.139. The van der Waals surface area contributed by atoms with Gasteiger partial charge >= 0.3 is 13.6 Å². The van der Waals surface area contributed by atoms with Gasteiger partial charge in [0.15, 0.2) is 0 Å². The summed E-state index contributed by atoms with van der Waals surface area (Å²) in [6, 6.07) is 9.62. The zero-order valence-electron chi connectivity index (χ0n) is 14.0. The van der Waals surface area contributed by atoms with Crippen molar-refractivity contribution < 1.29 is 23.1 Å².